The molecule has 1 heterocycles. The van der Waals surface area contributed by atoms with Gasteiger partial charge in [-0.3, -0.25) is 0 Å². The summed E-state index contributed by atoms with van der Waals surface area (Å²) in [6, 6.07) is 5.01. The van der Waals surface area contributed by atoms with Gasteiger partial charge in [0.05, 0.1) is 21.7 Å². The first-order chi connectivity index (χ1) is 9.77. The van der Waals surface area contributed by atoms with Crippen molar-refractivity contribution in [3.05, 3.63) is 23.2 Å². The molecule has 21 heavy (non-hydrogen) atoms. The molecule has 2 unspecified atom stereocenters. The molecule has 6 heteroatoms. The predicted octanol–water partition coefficient (Wildman–Crippen LogP) is 3.36. The second kappa shape index (κ2) is 6.55. The van der Waals surface area contributed by atoms with Gasteiger partial charge in [-0.25, -0.2) is 8.42 Å². The molecule has 0 bridgehead atoms. The second-order valence-electron chi connectivity index (χ2n) is 5.93. The van der Waals surface area contributed by atoms with Crippen LogP contribution in [0.4, 0.5) is 5.69 Å². The average molecular weight is 332 g/mol. The van der Waals surface area contributed by atoms with E-state index in [1.165, 1.54) is 12.3 Å². The van der Waals surface area contributed by atoms with Crippen molar-refractivity contribution in [2.24, 2.45) is 5.92 Å². The van der Waals surface area contributed by atoms with Crippen molar-refractivity contribution in [1.29, 1.82) is 0 Å². The summed E-state index contributed by atoms with van der Waals surface area (Å²) in [4.78, 5) is 0.280. The Morgan fingerprint density at radius 3 is 2.71 bits per heavy atom. The van der Waals surface area contributed by atoms with E-state index in [2.05, 4.69) is 19.2 Å². The fourth-order valence-corrected chi connectivity index (χ4v) is 3.31. The molecule has 1 saturated heterocycles. The Balaban J connectivity index is 2.15. The molecule has 4 nitrogen and oxygen atoms in total. The van der Waals surface area contributed by atoms with Crippen LogP contribution in [-0.4, -0.2) is 33.4 Å². The summed E-state index contributed by atoms with van der Waals surface area (Å²) in [5.74, 6) is 0.465. The van der Waals surface area contributed by atoms with Crippen molar-refractivity contribution in [2.75, 3.05) is 18.2 Å². The number of halogens is 1. The monoisotopic (exact) mass is 331 g/mol. The summed E-state index contributed by atoms with van der Waals surface area (Å²) in [6.07, 6.45) is 3.22. The lowest BCUT2D eigenvalue weighted by Crippen LogP contribution is -2.36. The van der Waals surface area contributed by atoms with Crippen LogP contribution in [-0.2, 0) is 14.6 Å². The molecule has 0 aromatic heterocycles. The lowest BCUT2D eigenvalue weighted by molar-refractivity contribution is -0.0160. The summed E-state index contributed by atoms with van der Waals surface area (Å²) in [5.41, 5.74) is 0.675. The Morgan fingerprint density at radius 1 is 1.38 bits per heavy atom. The van der Waals surface area contributed by atoms with Crippen LogP contribution in [0, 0.1) is 5.92 Å². The first-order valence-corrected chi connectivity index (χ1v) is 9.42. The number of sulfone groups is 1. The van der Waals surface area contributed by atoms with Crippen LogP contribution in [0.1, 0.15) is 26.7 Å². The van der Waals surface area contributed by atoms with Crippen molar-refractivity contribution in [3.8, 4) is 0 Å². The van der Waals surface area contributed by atoms with E-state index >= 15 is 0 Å². The third-order valence-corrected chi connectivity index (χ3v) is 5.22. The number of hydrogen-bond donors (Lipinski definition) is 1. The Kier molecular flexibility index (Phi) is 5.17. The molecule has 1 aromatic rings. The predicted molar refractivity (Wildman–Crippen MR) is 85.8 cm³/mol. The molecule has 0 radical (unpaired) electrons. The number of nitrogens with one attached hydrogen (secondary N) is 1. The Labute approximate surface area is 131 Å². The standard InChI is InChI=1S/C15H22ClNO3S/c1-10(2)15-8-11(6-7-20-15)17-14-9-12(21(3,18)19)4-5-13(14)16/h4-5,9-11,15,17H,6-8H2,1-3H3. The highest BCUT2D eigenvalue weighted by molar-refractivity contribution is 7.90. The fraction of sp³-hybridized carbons (Fsp3) is 0.600. The third-order valence-electron chi connectivity index (χ3n) is 3.78. The van der Waals surface area contributed by atoms with Gasteiger partial charge in [0.2, 0.25) is 0 Å². The Bertz CT molecular complexity index is 601. The van der Waals surface area contributed by atoms with Crippen LogP contribution >= 0.6 is 11.6 Å². The molecule has 0 spiro atoms. The molecule has 1 fully saturated rings. The molecule has 2 atom stereocenters. The SMILES string of the molecule is CC(C)C1CC(Nc2cc(S(C)(=O)=O)ccc2Cl)CCO1. The zero-order valence-electron chi connectivity index (χ0n) is 12.6. The van der Waals surface area contributed by atoms with Crippen molar-refractivity contribution < 1.29 is 13.2 Å². The molecular weight excluding hydrogens is 310 g/mol. The van der Waals surface area contributed by atoms with Gasteiger partial charge in [0.25, 0.3) is 0 Å². The van der Waals surface area contributed by atoms with Gasteiger partial charge in [0.15, 0.2) is 9.84 Å². The van der Waals surface area contributed by atoms with E-state index in [-0.39, 0.29) is 17.0 Å². The maximum absolute atomic E-state index is 11.6. The third kappa shape index (κ3) is 4.34. The normalized spacial score (nSPS) is 23.3. The molecular formula is C15H22ClNO3S. The highest BCUT2D eigenvalue weighted by Crippen LogP contribution is 2.29. The number of hydrogen-bond acceptors (Lipinski definition) is 4. The number of benzene rings is 1. The molecule has 0 amide bonds. The van der Waals surface area contributed by atoms with Gasteiger partial charge in [-0.15, -0.1) is 0 Å². The van der Waals surface area contributed by atoms with E-state index < -0.39 is 9.84 Å². The van der Waals surface area contributed by atoms with Crippen LogP contribution in [0.3, 0.4) is 0 Å². The lowest BCUT2D eigenvalue weighted by Gasteiger charge is -2.33. The number of anilines is 1. The van der Waals surface area contributed by atoms with Gasteiger partial charge in [0.1, 0.15) is 0 Å². The summed E-state index contributed by atoms with van der Waals surface area (Å²) in [5, 5.41) is 3.91. The Hall–Kier alpha value is -0.780. The topological polar surface area (TPSA) is 55.4 Å². The van der Waals surface area contributed by atoms with Gasteiger partial charge in [-0.1, -0.05) is 25.4 Å². The van der Waals surface area contributed by atoms with E-state index in [0.717, 1.165) is 12.8 Å². The lowest BCUT2D eigenvalue weighted by atomic mass is 9.95. The number of ether oxygens (including phenoxy) is 1. The highest BCUT2D eigenvalue weighted by atomic mass is 35.5. The fourth-order valence-electron chi connectivity index (χ4n) is 2.49. The number of rotatable bonds is 4. The molecule has 0 aliphatic carbocycles. The van der Waals surface area contributed by atoms with Crippen LogP contribution in [0.15, 0.2) is 23.1 Å². The molecule has 1 aliphatic rings. The van der Waals surface area contributed by atoms with E-state index in [9.17, 15) is 8.42 Å². The first kappa shape index (κ1) is 16.6. The van der Waals surface area contributed by atoms with E-state index in [0.29, 0.717) is 23.2 Å². The first-order valence-electron chi connectivity index (χ1n) is 7.15. The molecule has 1 aliphatic heterocycles. The largest absolute Gasteiger partial charge is 0.381 e. The Morgan fingerprint density at radius 2 is 2.10 bits per heavy atom. The van der Waals surface area contributed by atoms with Crippen molar-refractivity contribution >= 4 is 27.1 Å². The molecule has 118 valence electrons. The van der Waals surface area contributed by atoms with Crippen LogP contribution in [0.25, 0.3) is 0 Å². The molecule has 1 aromatic carbocycles. The highest BCUT2D eigenvalue weighted by Gasteiger charge is 2.25. The van der Waals surface area contributed by atoms with Crippen molar-refractivity contribution in [3.63, 3.8) is 0 Å². The van der Waals surface area contributed by atoms with Crippen molar-refractivity contribution in [2.45, 2.75) is 43.7 Å². The second-order valence-corrected chi connectivity index (χ2v) is 8.36. The van der Waals surface area contributed by atoms with Gasteiger partial charge >= 0.3 is 0 Å². The van der Waals surface area contributed by atoms with Gasteiger partial charge in [-0.2, -0.15) is 0 Å². The van der Waals surface area contributed by atoms with Gasteiger partial charge in [-0.05, 0) is 37.0 Å². The molecule has 1 N–H and O–H groups in total. The zero-order chi connectivity index (χ0) is 15.6. The van der Waals surface area contributed by atoms with Crippen LogP contribution in [0.2, 0.25) is 5.02 Å². The van der Waals surface area contributed by atoms with Gasteiger partial charge in [0, 0.05) is 18.9 Å². The molecule has 0 saturated carbocycles. The zero-order valence-corrected chi connectivity index (χ0v) is 14.2. The summed E-state index contributed by atoms with van der Waals surface area (Å²) in [6.45, 7) is 5.00. The van der Waals surface area contributed by atoms with Crippen molar-refractivity contribution in [1.82, 2.24) is 0 Å². The maximum atomic E-state index is 11.6. The van der Waals surface area contributed by atoms with Crippen LogP contribution < -0.4 is 5.32 Å². The summed E-state index contributed by atoms with van der Waals surface area (Å²) < 4.78 is 29.0. The minimum absolute atomic E-state index is 0.230. The molecule has 2 rings (SSSR count). The van der Waals surface area contributed by atoms with E-state index in [1.54, 1.807) is 12.1 Å². The van der Waals surface area contributed by atoms with E-state index in [1.807, 2.05) is 0 Å². The minimum atomic E-state index is -3.23. The maximum Gasteiger partial charge on any atom is 0.175 e. The smallest absolute Gasteiger partial charge is 0.175 e. The van der Waals surface area contributed by atoms with Crippen LogP contribution in [0.5, 0.6) is 0 Å². The van der Waals surface area contributed by atoms with E-state index in [4.69, 9.17) is 16.3 Å². The average Bonchev–Trinajstić information content (AvgIpc) is 2.40. The minimum Gasteiger partial charge on any atom is -0.381 e. The van der Waals surface area contributed by atoms with Gasteiger partial charge < -0.3 is 10.1 Å². The summed E-state index contributed by atoms with van der Waals surface area (Å²) in [7, 11) is -3.23. The summed E-state index contributed by atoms with van der Waals surface area (Å²) >= 11 is 6.18. The quantitative estimate of drug-likeness (QED) is 0.919.